The fourth-order valence-electron chi connectivity index (χ4n) is 2.61. The van der Waals surface area contributed by atoms with Crippen molar-refractivity contribution in [3.05, 3.63) is 35.4 Å². The third-order valence-electron chi connectivity index (χ3n) is 3.83. The Morgan fingerprint density at radius 2 is 1.68 bits per heavy atom. The topological polar surface area (TPSA) is 77.9 Å². The van der Waals surface area contributed by atoms with Crippen molar-refractivity contribution in [2.45, 2.75) is 25.3 Å². The van der Waals surface area contributed by atoms with Gasteiger partial charge in [-0.1, -0.05) is 0 Å². The van der Waals surface area contributed by atoms with Gasteiger partial charge >= 0.3 is 5.97 Å². The number of hydrogen-bond donors (Lipinski definition) is 1. The Morgan fingerprint density at radius 1 is 1.09 bits per heavy atom. The predicted octanol–water partition coefficient (Wildman–Crippen LogP) is 1.47. The van der Waals surface area contributed by atoms with Crippen LogP contribution < -0.4 is 0 Å². The molecule has 0 aromatic heterocycles. The van der Waals surface area contributed by atoms with E-state index in [2.05, 4.69) is 0 Å². The maximum absolute atomic E-state index is 12.5. The lowest BCUT2D eigenvalue weighted by molar-refractivity contribution is -0.143. The van der Waals surface area contributed by atoms with Crippen LogP contribution >= 0.6 is 0 Å². The maximum Gasteiger partial charge on any atom is 0.326 e. The molecule has 1 heterocycles. The number of carboxylic acids is 1. The third-order valence-corrected chi connectivity index (χ3v) is 3.83. The number of benzene rings is 1. The van der Waals surface area contributed by atoms with Crippen molar-refractivity contribution in [3.8, 4) is 0 Å². The van der Waals surface area contributed by atoms with Gasteiger partial charge in [-0.15, -0.1) is 0 Å². The minimum atomic E-state index is -0.965. The summed E-state index contributed by atoms with van der Waals surface area (Å²) in [6.45, 7) is 0.453. The number of rotatable bonds is 3. The van der Waals surface area contributed by atoms with Gasteiger partial charge in [-0.3, -0.25) is 9.59 Å². The summed E-state index contributed by atoms with van der Waals surface area (Å²) in [6.07, 6.45) is 2.11. The molecule has 118 valence electrons. The first-order valence-corrected chi connectivity index (χ1v) is 7.27. The van der Waals surface area contributed by atoms with E-state index in [9.17, 15) is 19.5 Å². The largest absolute Gasteiger partial charge is 0.480 e. The second-order valence-electron chi connectivity index (χ2n) is 5.63. The highest BCUT2D eigenvalue weighted by atomic mass is 16.4. The minimum Gasteiger partial charge on any atom is -0.480 e. The lowest BCUT2D eigenvalue weighted by Crippen LogP contribution is -2.47. The molecule has 0 aliphatic carbocycles. The summed E-state index contributed by atoms with van der Waals surface area (Å²) in [6, 6.07) is 5.58. The number of carboxylic acid groups (broad SMARTS) is 1. The van der Waals surface area contributed by atoms with Crippen LogP contribution in [0.25, 0.3) is 0 Å². The zero-order valence-corrected chi connectivity index (χ0v) is 12.8. The number of likely N-dealkylation sites (tertiary alicyclic amines) is 1. The van der Waals surface area contributed by atoms with E-state index in [-0.39, 0.29) is 11.8 Å². The first-order valence-electron chi connectivity index (χ1n) is 7.27. The molecule has 0 radical (unpaired) electrons. The number of carbonyl (C=O) groups excluding carboxylic acids is 2. The Hall–Kier alpha value is -2.37. The average Bonchev–Trinajstić information content (AvgIpc) is 2.53. The molecule has 1 unspecified atom stereocenters. The predicted molar refractivity (Wildman–Crippen MR) is 80.8 cm³/mol. The van der Waals surface area contributed by atoms with Crippen LogP contribution in [-0.4, -0.2) is 59.4 Å². The molecule has 22 heavy (non-hydrogen) atoms. The zero-order valence-electron chi connectivity index (χ0n) is 12.8. The monoisotopic (exact) mass is 304 g/mol. The lowest BCUT2D eigenvalue weighted by atomic mass is 10.0. The molecule has 1 aromatic rings. The van der Waals surface area contributed by atoms with Crippen LogP contribution in [0.3, 0.4) is 0 Å². The highest BCUT2D eigenvalue weighted by molar-refractivity contribution is 5.99. The number of carbonyl (C=O) groups is 3. The summed E-state index contributed by atoms with van der Waals surface area (Å²) in [7, 11) is 3.32. The van der Waals surface area contributed by atoms with Crippen LogP contribution in [0.1, 0.15) is 40.0 Å². The van der Waals surface area contributed by atoms with Gasteiger partial charge < -0.3 is 14.9 Å². The molecule has 0 spiro atoms. The van der Waals surface area contributed by atoms with Crippen LogP contribution in [0.2, 0.25) is 0 Å². The van der Waals surface area contributed by atoms with Gasteiger partial charge in [-0.05, 0) is 43.5 Å². The van der Waals surface area contributed by atoms with Crippen molar-refractivity contribution < 1.29 is 19.5 Å². The van der Waals surface area contributed by atoms with E-state index in [1.807, 2.05) is 0 Å². The van der Waals surface area contributed by atoms with Crippen molar-refractivity contribution >= 4 is 17.8 Å². The molecule has 0 saturated carbocycles. The van der Waals surface area contributed by atoms with E-state index >= 15 is 0 Å². The first-order chi connectivity index (χ1) is 10.4. The molecule has 1 fully saturated rings. The summed E-state index contributed by atoms with van der Waals surface area (Å²) >= 11 is 0. The van der Waals surface area contributed by atoms with Crippen LogP contribution in [0, 0.1) is 0 Å². The summed E-state index contributed by atoms with van der Waals surface area (Å²) in [5, 5.41) is 9.24. The van der Waals surface area contributed by atoms with Gasteiger partial charge in [0.1, 0.15) is 6.04 Å². The van der Waals surface area contributed by atoms with Gasteiger partial charge in [0.25, 0.3) is 11.8 Å². The van der Waals surface area contributed by atoms with Crippen molar-refractivity contribution in [1.82, 2.24) is 9.80 Å². The summed E-state index contributed by atoms with van der Waals surface area (Å²) < 4.78 is 0. The van der Waals surface area contributed by atoms with E-state index in [0.717, 1.165) is 12.8 Å². The Balaban J connectivity index is 2.18. The van der Waals surface area contributed by atoms with Crippen molar-refractivity contribution in [2.75, 3.05) is 20.6 Å². The summed E-state index contributed by atoms with van der Waals surface area (Å²) in [4.78, 5) is 38.5. The van der Waals surface area contributed by atoms with E-state index < -0.39 is 12.0 Å². The van der Waals surface area contributed by atoms with Gasteiger partial charge in [-0.2, -0.15) is 0 Å². The minimum absolute atomic E-state index is 0.139. The van der Waals surface area contributed by atoms with Gasteiger partial charge in [-0.25, -0.2) is 4.79 Å². The Kier molecular flexibility index (Phi) is 4.80. The molecule has 0 bridgehead atoms. The van der Waals surface area contributed by atoms with Crippen molar-refractivity contribution in [1.29, 1.82) is 0 Å². The molecule has 1 aliphatic heterocycles. The molecule has 1 saturated heterocycles. The number of amides is 2. The number of nitrogens with zero attached hydrogens (tertiary/aromatic N) is 2. The average molecular weight is 304 g/mol. The Bertz CT molecular complexity index is 580. The third kappa shape index (κ3) is 3.27. The van der Waals surface area contributed by atoms with Crippen LogP contribution in [0.15, 0.2) is 24.3 Å². The number of aliphatic carboxylic acids is 1. The van der Waals surface area contributed by atoms with Gasteiger partial charge in [0, 0.05) is 31.8 Å². The second-order valence-corrected chi connectivity index (χ2v) is 5.63. The number of piperidine rings is 1. The fourth-order valence-corrected chi connectivity index (χ4v) is 2.61. The van der Waals surface area contributed by atoms with Crippen LogP contribution in [-0.2, 0) is 4.79 Å². The van der Waals surface area contributed by atoms with Gasteiger partial charge in [0.2, 0.25) is 0 Å². The summed E-state index contributed by atoms with van der Waals surface area (Å²) in [5.74, 6) is -1.40. The SMILES string of the molecule is CN(C)C(=O)c1ccc(C(=O)N2CCCCC2C(=O)O)cc1. The van der Waals surface area contributed by atoms with Gasteiger partial charge in [0.05, 0.1) is 0 Å². The zero-order chi connectivity index (χ0) is 16.3. The van der Waals surface area contributed by atoms with Crippen molar-refractivity contribution in [3.63, 3.8) is 0 Å². The van der Waals surface area contributed by atoms with Crippen molar-refractivity contribution in [2.24, 2.45) is 0 Å². The summed E-state index contributed by atoms with van der Waals surface area (Å²) in [5.41, 5.74) is 0.901. The quantitative estimate of drug-likeness (QED) is 0.917. The van der Waals surface area contributed by atoms with E-state index in [1.165, 1.54) is 9.80 Å². The smallest absolute Gasteiger partial charge is 0.326 e. The highest BCUT2D eigenvalue weighted by Gasteiger charge is 2.32. The van der Waals surface area contributed by atoms with Gasteiger partial charge in [0.15, 0.2) is 0 Å². The molecule has 1 aromatic carbocycles. The Labute approximate surface area is 129 Å². The normalized spacial score (nSPS) is 17.9. The van der Waals surface area contributed by atoms with Crippen LogP contribution in [0.4, 0.5) is 0 Å². The van der Waals surface area contributed by atoms with E-state index in [4.69, 9.17) is 0 Å². The number of hydrogen-bond acceptors (Lipinski definition) is 3. The Morgan fingerprint density at radius 3 is 2.23 bits per heavy atom. The lowest BCUT2D eigenvalue weighted by Gasteiger charge is -2.33. The molecule has 6 nitrogen and oxygen atoms in total. The molecule has 2 rings (SSSR count). The fraction of sp³-hybridized carbons (Fsp3) is 0.438. The van der Waals surface area contributed by atoms with E-state index in [1.54, 1.807) is 38.4 Å². The molecule has 6 heteroatoms. The molecular formula is C16H20N2O4. The molecule has 2 amide bonds. The molecule has 1 atom stereocenters. The highest BCUT2D eigenvalue weighted by Crippen LogP contribution is 2.20. The van der Waals surface area contributed by atoms with Crippen LogP contribution in [0.5, 0.6) is 0 Å². The standard InChI is InChI=1S/C16H20N2O4/c1-17(2)14(19)11-6-8-12(9-7-11)15(20)18-10-4-3-5-13(18)16(21)22/h6-9,13H,3-5,10H2,1-2H3,(H,21,22). The molecular weight excluding hydrogens is 284 g/mol. The maximum atomic E-state index is 12.5. The first kappa shape index (κ1) is 16.0. The molecule has 1 aliphatic rings. The second kappa shape index (κ2) is 6.60. The van der Waals surface area contributed by atoms with E-state index in [0.29, 0.717) is 24.1 Å². The molecule has 1 N–H and O–H groups in total.